The maximum atomic E-state index is 12.8. The number of carboxylic acids is 1. The van der Waals surface area contributed by atoms with Gasteiger partial charge in [0.15, 0.2) is 28.7 Å². The maximum absolute atomic E-state index is 12.8. The number of nitrogens with zero attached hydrogens (tertiary/aromatic N) is 9. The van der Waals surface area contributed by atoms with Crippen molar-refractivity contribution in [1.29, 1.82) is 0 Å². The van der Waals surface area contributed by atoms with Crippen LogP contribution in [0.1, 0.15) is 86.7 Å². The van der Waals surface area contributed by atoms with Gasteiger partial charge < -0.3 is 49.1 Å². The summed E-state index contributed by atoms with van der Waals surface area (Å²) in [6, 6.07) is 25.5. The summed E-state index contributed by atoms with van der Waals surface area (Å²) in [6.07, 6.45) is 4.96. The van der Waals surface area contributed by atoms with Gasteiger partial charge in [0.05, 0.1) is 25.3 Å². The smallest absolute Gasteiger partial charge is 0.410 e. The van der Waals surface area contributed by atoms with E-state index in [1.165, 1.54) is 22.1 Å². The number of amides is 2. The van der Waals surface area contributed by atoms with Gasteiger partial charge in [-0.25, -0.2) is 14.4 Å². The summed E-state index contributed by atoms with van der Waals surface area (Å²) >= 11 is 0. The fourth-order valence-corrected chi connectivity index (χ4v) is 7.17. The van der Waals surface area contributed by atoms with Gasteiger partial charge in [-0.2, -0.15) is 0 Å². The van der Waals surface area contributed by atoms with E-state index in [2.05, 4.69) is 25.4 Å². The lowest BCUT2D eigenvalue weighted by atomic mass is 10.1. The van der Waals surface area contributed by atoms with Crippen molar-refractivity contribution in [2.45, 2.75) is 78.8 Å². The Morgan fingerprint density at radius 2 is 1.17 bits per heavy atom. The molecule has 0 aliphatic rings. The highest BCUT2D eigenvalue weighted by atomic mass is 16.6. The van der Waals surface area contributed by atoms with E-state index in [1.54, 1.807) is 73.8 Å². The standard InChI is InChI=1S/C28H32N4O5.C18H14N4O4.C8H18N2O2/c1-28(2,3)37-27(34)31(4)15-7-9-23(33)20-11-14-25-29-30-26(32(25)17-20)18-36-24-10-6-8-19-16-21(35-5)12-13-22(19)24;1-25-12-3-4-13-14(8-12)19-7-6-15(13)26-10-17-21-20-16-5-2-11(18(23)24)9-22(16)17;1-8(2,3)12-7(11)10(4)6-5-9/h6,8,10-14,16-17H,7,9,15,18H2,1-5H3;2-9H,10H2,1H3,(H,23,24);5-6,9H2,1-4H3. The van der Waals surface area contributed by atoms with Crippen molar-refractivity contribution in [3.63, 3.8) is 0 Å². The number of hydrogen-bond donors (Lipinski definition) is 2. The molecule has 8 rings (SSSR count). The van der Waals surface area contributed by atoms with Crippen LogP contribution in [-0.2, 0) is 22.7 Å². The fraction of sp³-hybridized carbons (Fsp3) is 0.352. The average molecular weight is 1030 g/mol. The van der Waals surface area contributed by atoms with Crippen molar-refractivity contribution in [2.24, 2.45) is 5.73 Å². The van der Waals surface area contributed by atoms with E-state index in [0.29, 0.717) is 72.5 Å². The van der Waals surface area contributed by atoms with Gasteiger partial charge in [0.1, 0.15) is 47.4 Å². The van der Waals surface area contributed by atoms with E-state index in [-0.39, 0.29) is 30.7 Å². The van der Waals surface area contributed by atoms with Crippen molar-refractivity contribution in [1.82, 2.24) is 44.0 Å². The number of carboxylic acid groups (broad SMARTS) is 1. The second kappa shape index (κ2) is 24.9. The predicted molar refractivity (Wildman–Crippen MR) is 281 cm³/mol. The summed E-state index contributed by atoms with van der Waals surface area (Å²) in [5.41, 5.74) is 6.93. The first-order valence-corrected chi connectivity index (χ1v) is 23.9. The van der Waals surface area contributed by atoms with E-state index < -0.39 is 23.3 Å². The molecule has 5 aromatic heterocycles. The molecule has 2 amide bonds. The third-order valence-electron chi connectivity index (χ3n) is 11.0. The molecule has 5 heterocycles. The minimum absolute atomic E-state index is 0.0249. The summed E-state index contributed by atoms with van der Waals surface area (Å²) in [4.78, 5) is 54.6. The Labute approximate surface area is 434 Å². The Morgan fingerprint density at radius 3 is 1.73 bits per heavy atom. The van der Waals surface area contributed by atoms with Crippen LogP contribution in [0, 0.1) is 0 Å². The van der Waals surface area contributed by atoms with Gasteiger partial charge in [0, 0.05) is 81.1 Å². The van der Waals surface area contributed by atoms with Crippen molar-refractivity contribution < 1.29 is 52.7 Å². The lowest BCUT2D eigenvalue weighted by molar-refractivity contribution is 0.0289. The molecule has 8 aromatic rings. The molecule has 0 aliphatic carbocycles. The molecule has 396 valence electrons. The monoisotopic (exact) mass is 1030 g/mol. The summed E-state index contributed by atoms with van der Waals surface area (Å²) in [5.74, 6) is 2.90. The molecule has 0 unspecified atom stereocenters. The van der Waals surface area contributed by atoms with Crippen molar-refractivity contribution in [2.75, 3.05) is 47.9 Å². The minimum atomic E-state index is -1.01. The molecule has 0 spiro atoms. The van der Waals surface area contributed by atoms with Crippen molar-refractivity contribution in [3.05, 3.63) is 126 Å². The summed E-state index contributed by atoms with van der Waals surface area (Å²) in [5, 5.41) is 28.5. The number of methoxy groups -OCH3 is 2. The fourth-order valence-electron chi connectivity index (χ4n) is 7.17. The number of pyridine rings is 3. The Balaban J connectivity index is 0.000000208. The number of ketones is 1. The molecule has 0 fully saturated rings. The normalized spacial score (nSPS) is 11.2. The first-order chi connectivity index (χ1) is 35.7. The van der Waals surface area contributed by atoms with Crippen LogP contribution in [0.5, 0.6) is 23.0 Å². The van der Waals surface area contributed by atoms with E-state index >= 15 is 0 Å². The Bertz CT molecular complexity index is 3270. The number of aromatic nitrogens is 7. The highest BCUT2D eigenvalue weighted by molar-refractivity contribution is 5.96. The Kier molecular flexibility index (Phi) is 18.5. The third-order valence-corrected chi connectivity index (χ3v) is 11.0. The third kappa shape index (κ3) is 15.5. The van der Waals surface area contributed by atoms with Gasteiger partial charge in [-0.05, 0) is 120 Å². The van der Waals surface area contributed by atoms with Crippen LogP contribution in [0.25, 0.3) is 33.0 Å². The molecule has 21 heteroatoms. The maximum Gasteiger partial charge on any atom is 0.410 e. The van der Waals surface area contributed by atoms with Crippen LogP contribution in [0.4, 0.5) is 9.59 Å². The van der Waals surface area contributed by atoms with Crippen LogP contribution < -0.4 is 24.7 Å². The van der Waals surface area contributed by atoms with Crippen LogP contribution in [0.3, 0.4) is 0 Å². The molecule has 0 radical (unpaired) electrons. The van der Waals surface area contributed by atoms with Crippen molar-refractivity contribution in [3.8, 4) is 23.0 Å². The summed E-state index contributed by atoms with van der Waals surface area (Å²) in [6.45, 7) is 12.7. The highest BCUT2D eigenvalue weighted by Crippen LogP contribution is 2.30. The molecule has 0 atom stereocenters. The zero-order valence-corrected chi connectivity index (χ0v) is 43.9. The first-order valence-electron chi connectivity index (χ1n) is 23.9. The quantitative estimate of drug-likeness (QED) is 0.0859. The topological polar surface area (TPSA) is 250 Å². The second-order valence-corrected chi connectivity index (χ2v) is 19.1. The number of likely N-dealkylation sites (N-methyl/N-ethyl adjacent to an activating group) is 1. The number of fused-ring (bicyclic) bond motifs is 4. The molecular formula is C54H64N10O11. The first kappa shape index (κ1) is 55.7. The molecule has 21 nitrogen and oxygen atoms in total. The zero-order chi connectivity index (χ0) is 54.5. The van der Waals surface area contributed by atoms with Crippen LogP contribution in [0.15, 0.2) is 104 Å². The van der Waals surface area contributed by atoms with E-state index in [1.807, 2.05) is 96.1 Å². The van der Waals surface area contributed by atoms with Gasteiger partial charge >= 0.3 is 18.2 Å². The lowest BCUT2D eigenvalue weighted by Gasteiger charge is -2.24. The van der Waals surface area contributed by atoms with Gasteiger partial charge in [-0.15, -0.1) is 20.4 Å². The van der Waals surface area contributed by atoms with Gasteiger partial charge in [-0.1, -0.05) is 12.1 Å². The minimum Gasteiger partial charge on any atom is -0.497 e. The Hall–Kier alpha value is -8.59. The predicted octanol–water partition coefficient (Wildman–Crippen LogP) is 8.68. The number of aromatic carboxylic acids is 1. The van der Waals surface area contributed by atoms with Crippen LogP contribution in [-0.4, -0.2) is 132 Å². The van der Waals surface area contributed by atoms with Crippen LogP contribution in [0.2, 0.25) is 0 Å². The molecule has 3 N–H and O–H groups in total. The zero-order valence-electron chi connectivity index (χ0n) is 43.9. The van der Waals surface area contributed by atoms with Gasteiger partial charge in [0.25, 0.3) is 0 Å². The number of benzene rings is 3. The molecule has 75 heavy (non-hydrogen) atoms. The number of nitrogens with two attached hydrogens (primary N) is 1. The Morgan fingerprint density at radius 1 is 0.640 bits per heavy atom. The number of Topliss-reactive ketones (excluding diaryl/α,β-unsaturated/α-hetero) is 1. The van der Waals surface area contributed by atoms with Crippen molar-refractivity contribution >= 4 is 56.9 Å². The number of ether oxygens (including phenoxy) is 6. The number of carbonyl (C=O) groups is 4. The average Bonchev–Trinajstić information content (AvgIpc) is 3.99. The van der Waals surface area contributed by atoms with E-state index in [9.17, 15) is 19.2 Å². The number of carbonyl (C=O) groups excluding carboxylic acids is 3. The van der Waals surface area contributed by atoms with Gasteiger partial charge in [0.2, 0.25) is 0 Å². The summed E-state index contributed by atoms with van der Waals surface area (Å²) in [7, 11) is 6.57. The molecule has 3 aromatic carbocycles. The van der Waals surface area contributed by atoms with Gasteiger partial charge in [-0.3, -0.25) is 18.6 Å². The SMILES string of the molecule is CN(CCN)C(=O)OC(C)(C)C.COc1ccc2c(OCc3nnc4ccc(C(=O)CCCN(C)C(=O)OC(C)(C)C)cn34)cccc2c1.COc1ccc2c(OCc3nnc4ccc(C(=O)O)cn34)ccnc2c1. The van der Waals surface area contributed by atoms with E-state index in [4.69, 9.17) is 39.3 Å². The number of rotatable bonds is 16. The lowest BCUT2D eigenvalue weighted by Crippen LogP contribution is -2.36. The highest BCUT2D eigenvalue weighted by Gasteiger charge is 2.21. The molecule has 0 aliphatic heterocycles. The largest absolute Gasteiger partial charge is 0.497 e. The van der Waals surface area contributed by atoms with Crippen LogP contribution >= 0.6 is 0 Å². The molecule has 0 saturated carbocycles. The summed E-state index contributed by atoms with van der Waals surface area (Å²) < 4.78 is 36.3. The molecule has 0 bridgehead atoms. The van der Waals surface area contributed by atoms with E-state index in [0.717, 1.165) is 33.2 Å². The second-order valence-electron chi connectivity index (χ2n) is 19.1. The number of hydrogen-bond acceptors (Lipinski definition) is 16. The molecule has 0 saturated heterocycles. The molecular weight excluding hydrogens is 965 g/mol.